The van der Waals surface area contributed by atoms with Gasteiger partial charge < -0.3 is 11.1 Å². The lowest BCUT2D eigenvalue weighted by atomic mass is 10.1. The summed E-state index contributed by atoms with van der Waals surface area (Å²) in [4.78, 5) is 4.59. The molecule has 100 valence electrons. The Labute approximate surface area is 117 Å². The molecule has 2 aromatic rings. The van der Waals surface area contributed by atoms with Gasteiger partial charge in [0.15, 0.2) is 0 Å². The average molecular weight is 273 g/mol. The SMILES string of the molecule is CCc1nc(CNC2CC(N)c3ccccc32)cs1. The van der Waals surface area contributed by atoms with E-state index in [1.165, 1.54) is 16.1 Å². The minimum atomic E-state index is 0.162. The molecule has 1 heterocycles. The second kappa shape index (κ2) is 5.41. The summed E-state index contributed by atoms with van der Waals surface area (Å²) in [5, 5.41) is 6.94. The van der Waals surface area contributed by atoms with Crippen LogP contribution in [0.5, 0.6) is 0 Å². The van der Waals surface area contributed by atoms with Crippen molar-refractivity contribution in [2.45, 2.75) is 38.4 Å². The largest absolute Gasteiger partial charge is 0.324 e. The molecular weight excluding hydrogens is 254 g/mol. The molecule has 0 saturated heterocycles. The maximum atomic E-state index is 6.18. The van der Waals surface area contributed by atoms with Gasteiger partial charge >= 0.3 is 0 Å². The Morgan fingerprint density at radius 2 is 2.16 bits per heavy atom. The Hall–Kier alpha value is -1.23. The molecule has 1 aliphatic rings. The number of fused-ring (bicyclic) bond motifs is 1. The molecule has 0 amide bonds. The van der Waals surface area contributed by atoms with Gasteiger partial charge in [-0.15, -0.1) is 11.3 Å². The monoisotopic (exact) mass is 273 g/mol. The molecule has 0 bridgehead atoms. The van der Waals surface area contributed by atoms with Crippen LogP contribution in [0.1, 0.15) is 47.3 Å². The molecule has 0 radical (unpaired) electrons. The van der Waals surface area contributed by atoms with Crippen LogP contribution in [0.25, 0.3) is 0 Å². The predicted octanol–water partition coefficient (Wildman–Crippen LogP) is 2.94. The van der Waals surface area contributed by atoms with E-state index in [1.807, 2.05) is 0 Å². The third-order valence-electron chi connectivity index (χ3n) is 3.69. The standard InChI is InChI=1S/C15H19N3S/c1-2-15-18-10(9-19-15)8-17-14-7-13(16)11-5-3-4-6-12(11)14/h3-6,9,13-14,17H,2,7-8,16H2,1H3. The lowest BCUT2D eigenvalue weighted by Crippen LogP contribution is -2.19. The average Bonchev–Trinajstić information content (AvgIpc) is 3.02. The molecule has 0 fully saturated rings. The third kappa shape index (κ3) is 2.56. The van der Waals surface area contributed by atoms with Crippen LogP contribution in [0.4, 0.5) is 0 Å². The fraction of sp³-hybridized carbons (Fsp3) is 0.400. The molecule has 1 aromatic heterocycles. The first-order chi connectivity index (χ1) is 9.28. The molecule has 3 rings (SSSR count). The van der Waals surface area contributed by atoms with Crippen LogP contribution in [-0.4, -0.2) is 4.98 Å². The summed E-state index contributed by atoms with van der Waals surface area (Å²) in [6, 6.07) is 8.99. The lowest BCUT2D eigenvalue weighted by molar-refractivity contribution is 0.495. The van der Waals surface area contributed by atoms with E-state index in [1.54, 1.807) is 11.3 Å². The first kappa shape index (κ1) is 12.8. The highest BCUT2D eigenvalue weighted by Gasteiger charge is 2.27. The second-order valence-corrected chi connectivity index (χ2v) is 5.93. The van der Waals surface area contributed by atoms with Crippen LogP contribution in [0, 0.1) is 0 Å². The first-order valence-electron chi connectivity index (χ1n) is 6.79. The Morgan fingerprint density at radius 3 is 2.89 bits per heavy atom. The van der Waals surface area contributed by atoms with Crippen molar-refractivity contribution >= 4 is 11.3 Å². The highest BCUT2D eigenvalue weighted by molar-refractivity contribution is 7.09. The Bertz CT molecular complexity index is 564. The van der Waals surface area contributed by atoms with Gasteiger partial charge in [0.2, 0.25) is 0 Å². The number of nitrogens with zero attached hydrogens (tertiary/aromatic N) is 1. The van der Waals surface area contributed by atoms with Crippen LogP contribution < -0.4 is 11.1 Å². The third-order valence-corrected chi connectivity index (χ3v) is 4.73. The van der Waals surface area contributed by atoms with Gasteiger partial charge in [-0.05, 0) is 24.0 Å². The van der Waals surface area contributed by atoms with E-state index < -0.39 is 0 Å². The molecule has 4 heteroatoms. The molecular formula is C15H19N3S. The fourth-order valence-corrected chi connectivity index (χ4v) is 3.43. The quantitative estimate of drug-likeness (QED) is 0.900. The number of hydrogen-bond acceptors (Lipinski definition) is 4. The molecule has 2 atom stereocenters. The van der Waals surface area contributed by atoms with Gasteiger partial charge in [0.25, 0.3) is 0 Å². The summed E-state index contributed by atoms with van der Waals surface area (Å²) in [5.41, 5.74) is 9.95. The fourth-order valence-electron chi connectivity index (χ4n) is 2.69. The van der Waals surface area contributed by atoms with Crippen LogP contribution in [0.2, 0.25) is 0 Å². The number of nitrogens with two attached hydrogens (primary N) is 1. The molecule has 0 saturated carbocycles. The van der Waals surface area contributed by atoms with Crippen LogP contribution >= 0.6 is 11.3 Å². The zero-order valence-corrected chi connectivity index (χ0v) is 11.9. The molecule has 3 nitrogen and oxygen atoms in total. The number of nitrogens with one attached hydrogen (secondary N) is 1. The number of aromatic nitrogens is 1. The maximum absolute atomic E-state index is 6.18. The van der Waals surface area contributed by atoms with Crippen LogP contribution in [0.15, 0.2) is 29.6 Å². The molecule has 19 heavy (non-hydrogen) atoms. The second-order valence-electron chi connectivity index (χ2n) is 4.99. The highest BCUT2D eigenvalue weighted by atomic mass is 32.1. The van der Waals surface area contributed by atoms with E-state index in [2.05, 4.69) is 46.9 Å². The number of thiazole rings is 1. The number of rotatable bonds is 4. The van der Waals surface area contributed by atoms with Crippen molar-refractivity contribution in [2.75, 3.05) is 0 Å². The van der Waals surface area contributed by atoms with E-state index in [9.17, 15) is 0 Å². The normalized spacial score (nSPS) is 21.6. The zero-order chi connectivity index (χ0) is 13.2. The van der Waals surface area contributed by atoms with Crippen molar-refractivity contribution in [1.29, 1.82) is 0 Å². The molecule has 1 aromatic carbocycles. The van der Waals surface area contributed by atoms with Crippen molar-refractivity contribution in [3.63, 3.8) is 0 Å². The smallest absolute Gasteiger partial charge is 0.0926 e. The van der Waals surface area contributed by atoms with Gasteiger partial charge in [-0.1, -0.05) is 31.2 Å². The lowest BCUT2D eigenvalue weighted by Gasteiger charge is -2.12. The summed E-state index contributed by atoms with van der Waals surface area (Å²) in [5.74, 6) is 0. The van der Waals surface area contributed by atoms with Gasteiger partial charge in [-0.25, -0.2) is 4.98 Å². The van der Waals surface area contributed by atoms with Crippen molar-refractivity contribution < 1.29 is 0 Å². The maximum Gasteiger partial charge on any atom is 0.0926 e. The Kier molecular flexibility index (Phi) is 3.64. The van der Waals surface area contributed by atoms with Crippen molar-refractivity contribution in [1.82, 2.24) is 10.3 Å². The topological polar surface area (TPSA) is 50.9 Å². The summed E-state index contributed by atoms with van der Waals surface area (Å²) < 4.78 is 0. The number of aryl methyl sites for hydroxylation is 1. The Morgan fingerprint density at radius 1 is 1.37 bits per heavy atom. The number of hydrogen-bond donors (Lipinski definition) is 2. The van der Waals surface area contributed by atoms with Crippen LogP contribution in [-0.2, 0) is 13.0 Å². The van der Waals surface area contributed by atoms with Gasteiger partial charge in [0, 0.05) is 24.0 Å². The molecule has 2 unspecified atom stereocenters. The van der Waals surface area contributed by atoms with Gasteiger partial charge in [0.1, 0.15) is 0 Å². The van der Waals surface area contributed by atoms with Crippen molar-refractivity contribution in [3.8, 4) is 0 Å². The number of benzene rings is 1. The van der Waals surface area contributed by atoms with Gasteiger partial charge in [0.05, 0.1) is 10.7 Å². The summed E-state index contributed by atoms with van der Waals surface area (Å²) >= 11 is 1.74. The van der Waals surface area contributed by atoms with Crippen molar-refractivity contribution in [2.24, 2.45) is 5.73 Å². The minimum absolute atomic E-state index is 0.162. The molecule has 1 aliphatic carbocycles. The van der Waals surface area contributed by atoms with Crippen molar-refractivity contribution in [3.05, 3.63) is 51.5 Å². The van der Waals surface area contributed by atoms with Crippen LogP contribution in [0.3, 0.4) is 0 Å². The predicted molar refractivity (Wildman–Crippen MR) is 79.1 cm³/mol. The Balaban J connectivity index is 1.68. The minimum Gasteiger partial charge on any atom is -0.324 e. The highest BCUT2D eigenvalue weighted by Crippen LogP contribution is 2.37. The summed E-state index contributed by atoms with van der Waals surface area (Å²) in [6.07, 6.45) is 1.99. The van der Waals surface area contributed by atoms with E-state index in [-0.39, 0.29) is 6.04 Å². The molecule has 3 N–H and O–H groups in total. The molecule has 0 spiro atoms. The summed E-state index contributed by atoms with van der Waals surface area (Å²) in [6.45, 7) is 2.96. The summed E-state index contributed by atoms with van der Waals surface area (Å²) in [7, 11) is 0. The van der Waals surface area contributed by atoms with E-state index in [0.29, 0.717) is 6.04 Å². The van der Waals surface area contributed by atoms with E-state index in [4.69, 9.17) is 5.73 Å². The zero-order valence-electron chi connectivity index (χ0n) is 11.1. The first-order valence-corrected chi connectivity index (χ1v) is 7.67. The molecule has 0 aliphatic heterocycles. The van der Waals surface area contributed by atoms with E-state index >= 15 is 0 Å². The van der Waals surface area contributed by atoms with Gasteiger partial charge in [-0.3, -0.25) is 0 Å². The van der Waals surface area contributed by atoms with Gasteiger partial charge in [-0.2, -0.15) is 0 Å². The van der Waals surface area contributed by atoms with E-state index in [0.717, 1.165) is 25.1 Å².